The van der Waals surface area contributed by atoms with E-state index in [9.17, 15) is 14.4 Å². The third-order valence-electron chi connectivity index (χ3n) is 4.44. The minimum absolute atomic E-state index is 0.127. The van der Waals surface area contributed by atoms with E-state index >= 15 is 0 Å². The Morgan fingerprint density at radius 2 is 1.91 bits per heavy atom. The normalized spacial score (nSPS) is 10.5. The third-order valence-corrected chi connectivity index (χ3v) is 4.77. The van der Waals surface area contributed by atoms with Crippen LogP contribution < -0.4 is 16.2 Å². The zero-order valence-electron chi connectivity index (χ0n) is 17.3. The largest absolute Gasteiger partial charge is 0.447 e. The molecule has 0 atom stereocenters. The molecule has 3 aromatic rings. The number of hydrogen-bond acceptors (Lipinski definition) is 6. The van der Waals surface area contributed by atoms with E-state index in [1.807, 2.05) is 0 Å². The van der Waals surface area contributed by atoms with Gasteiger partial charge >= 0.3 is 6.09 Å². The molecule has 2 aromatic carbocycles. The second-order valence-electron chi connectivity index (χ2n) is 6.68. The first kappa shape index (κ1) is 22.9. The van der Waals surface area contributed by atoms with Crippen molar-refractivity contribution in [2.75, 3.05) is 31.0 Å². The molecule has 0 aliphatic rings. The van der Waals surface area contributed by atoms with E-state index in [0.29, 0.717) is 34.4 Å². The molecule has 0 fully saturated rings. The standard InChI is InChI=1S/C22H22N4O5S/c1-3-9-26-20(28)17-8-7-14(12-18(17)25-21(26)32)19(27)23-15-5-4-6-16(13-15)24-22(29)31-11-10-30-2/h3-8,12-13H,1,9-11H2,2H3,(H,23,27)(H,24,29)(H,25,32). The molecule has 0 saturated carbocycles. The highest BCUT2D eigenvalue weighted by atomic mass is 32.1. The van der Waals surface area contributed by atoms with Crippen LogP contribution in [0.4, 0.5) is 16.2 Å². The van der Waals surface area contributed by atoms with Crippen LogP contribution >= 0.6 is 12.2 Å². The molecule has 3 rings (SSSR count). The van der Waals surface area contributed by atoms with E-state index in [2.05, 4.69) is 22.2 Å². The van der Waals surface area contributed by atoms with Gasteiger partial charge in [0.25, 0.3) is 11.5 Å². The lowest BCUT2D eigenvalue weighted by atomic mass is 10.1. The summed E-state index contributed by atoms with van der Waals surface area (Å²) in [5.74, 6) is -0.388. The Labute approximate surface area is 188 Å². The lowest BCUT2D eigenvalue weighted by Gasteiger charge is -2.10. The van der Waals surface area contributed by atoms with Crippen LogP contribution in [0, 0.1) is 4.77 Å². The van der Waals surface area contributed by atoms with Gasteiger partial charge in [-0.05, 0) is 48.6 Å². The van der Waals surface area contributed by atoms with Gasteiger partial charge in [0.05, 0.1) is 17.5 Å². The van der Waals surface area contributed by atoms with Crippen molar-refractivity contribution in [2.45, 2.75) is 6.54 Å². The first-order chi connectivity index (χ1) is 15.4. The first-order valence-corrected chi connectivity index (χ1v) is 10.1. The number of hydrogen-bond donors (Lipinski definition) is 3. The maximum atomic E-state index is 12.7. The number of nitrogens with one attached hydrogen (secondary N) is 3. The van der Waals surface area contributed by atoms with Crippen LogP contribution in [0.25, 0.3) is 10.9 Å². The summed E-state index contributed by atoms with van der Waals surface area (Å²) in [6.07, 6.45) is 0.957. The zero-order valence-corrected chi connectivity index (χ0v) is 18.2. The Morgan fingerprint density at radius 1 is 1.16 bits per heavy atom. The summed E-state index contributed by atoms with van der Waals surface area (Å²) < 4.78 is 11.4. The Morgan fingerprint density at radius 3 is 2.62 bits per heavy atom. The lowest BCUT2D eigenvalue weighted by Crippen LogP contribution is -2.22. The van der Waals surface area contributed by atoms with Gasteiger partial charge in [0.1, 0.15) is 6.61 Å². The second-order valence-corrected chi connectivity index (χ2v) is 7.07. The van der Waals surface area contributed by atoms with Crippen molar-refractivity contribution in [3.8, 4) is 0 Å². The Bertz CT molecular complexity index is 1280. The van der Waals surface area contributed by atoms with E-state index in [1.165, 1.54) is 11.7 Å². The number of ether oxygens (including phenoxy) is 2. The maximum Gasteiger partial charge on any atom is 0.411 e. The van der Waals surface area contributed by atoms with Gasteiger partial charge in [-0.15, -0.1) is 6.58 Å². The molecule has 0 aliphatic heterocycles. The summed E-state index contributed by atoms with van der Waals surface area (Å²) in [4.78, 5) is 40.1. The molecule has 0 aliphatic carbocycles. The summed E-state index contributed by atoms with van der Waals surface area (Å²) >= 11 is 5.24. The Hall–Kier alpha value is -3.76. The van der Waals surface area contributed by atoms with Crippen molar-refractivity contribution in [3.05, 3.63) is 75.8 Å². The summed E-state index contributed by atoms with van der Waals surface area (Å²) in [5.41, 5.74) is 1.46. The molecule has 0 saturated heterocycles. The van der Waals surface area contributed by atoms with Crippen LogP contribution in [0.1, 0.15) is 10.4 Å². The molecule has 10 heteroatoms. The van der Waals surface area contributed by atoms with Crippen LogP contribution in [-0.2, 0) is 16.0 Å². The molecule has 32 heavy (non-hydrogen) atoms. The van der Waals surface area contributed by atoms with E-state index in [-0.39, 0.29) is 29.4 Å². The van der Waals surface area contributed by atoms with Gasteiger partial charge in [-0.25, -0.2) is 4.79 Å². The predicted octanol–water partition coefficient (Wildman–Crippen LogP) is 3.69. The minimum Gasteiger partial charge on any atom is -0.447 e. The molecule has 0 spiro atoms. The number of amides is 2. The van der Waals surface area contributed by atoms with Gasteiger partial charge in [-0.2, -0.15) is 0 Å². The molecular weight excluding hydrogens is 432 g/mol. The molecular formula is C22H22N4O5S. The fourth-order valence-electron chi connectivity index (χ4n) is 2.94. The predicted molar refractivity (Wildman–Crippen MR) is 125 cm³/mol. The molecule has 1 heterocycles. The van der Waals surface area contributed by atoms with Crippen molar-refractivity contribution >= 4 is 46.5 Å². The van der Waals surface area contributed by atoms with Gasteiger partial charge in [-0.3, -0.25) is 19.5 Å². The summed E-state index contributed by atoms with van der Waals surface area (Å²) in [7, 11) is 1.51. The number of aromatic nitrogens is 2. The van der Waals surface area contributed by atoms with Crippen LogP contribution in [0.3, 0.4) is 0 Å². The van der Waals surface area contributed by atoms with Crippen molar-refractivity contribution < 1.29 is 19.1 Å². The average Bonchev–Trinajstić information content (AvgIpc) is 2.76. The van der Waals surface area contributed by atoms with Gasteiger partial charge in [0, 0.05) is 30.6 Å². The highest BCUT2D eigenvalue weighted by Crippen LogP contribution is 2.18. The monoisotopic (exact) mass is 454 g/mol. The number of aromatic amines is 1. The Balaban J connectivity index is 1.76. The number of carbonyl (C=O) groups is 2. The summed E-state index contributed by atoms with van der Waals surface area (Å²) in [5, 5.41) is 5.75. The van der Waals surface area contributed by atoms with Crippen LogP contribution in [0.15, 0.2) is 59.9 Å². The molecule has 3 N–H and O–H groups in total. The van der Waals surface area contributed by atoms with Gasteiger partial charge in [0.15, 0.2) is 4.77 Å². The Kier molecular flexibility index (Phi) is 7.53. The quantitative estimate of drug-likeness (QED) is 0.272. The maximum absolute atomic E-state index is 12.7. The number of carbonyl (C=O) groups excluding carboxylic acids is 2. The number of H-pyrrole nitrogens is 1. The van der Waals surface area contributed by atoms with E-state index in [0.717, 1.165) is 0 Å². The number of benzene rings is 2. The van der Waals surface area contributed by atoms with Crippen molar-refractivity contribution in [2.24, 2.45) is 0 Å². The lowest BCUT2D eigenvalue weighted by molar-refractivity contribution is 0.102. The van der Waals surface area contributed by atoms with Crippen molar-refractivity contribution in [3.63, 3.8) is 0 Å². The van der Waals surface area contributed by atoms with E-state index < -0.39 is 6.09 Å². The van der Waals surface area contributed by atoms with Gasteiger partial charge < -0.3 is 19.8 Å². The molecule has 0 bridgehead atoms. The summed E-state index contributed by atoms with van der Waals surface area (Å²) in [6.45, 7) is 4.34. The number of methoxy groups -OCH3 is 1. The van der Waals surface area contributed by atoms with Gasteiger partial charge in [-0.1, -0.05) is 12.1 Å². The number of rotatable bonds is 8. The molecule has 9 nitrogen and oxygen atoms in total. The smallest absolute Gasteiger partial charge is 0.411 e. The van der Waals surface area contributed by atoms with Crippen LogP contribution in [-0.4, -0.2) is 41.9 Å². The molecule has 0 unspecified atom stereocenters. The zero-order chi connectivity index (χ0) is 23.1. The van der Waals surface area contributed by atoms with Crippen molar-refractivity contribution in [1.82, 2.24) is 9.55 Å². The van der Waals surface area contributed by atoms with Crippen molar-refractivity contribution in [1.29, 1.82) is 0 Å². The topological polar surface area (TPSA) is 114 Å². The third kappa shape index (κ3) is 5.48. The molecule has 2 amide bonds. The molecule has 166 valence electrons. The fourth-order valence-corrected chi connectivity index (χ4v) is 3.21. The number of nitrogens with zero attached hydrogens (tertiary/aromatic N) is 1. The second kappa shape index (κ2) is 10.5. The average molecular weight is 455 g/mol. The van der Waals surface area contributed by atoms with Crippen LogP contribution in [0.2, 0.25) is 0 Å². The highest BCUT2D eigenvalue weighted by Gasteiger charge is 2.11. The number of fused-ring (bicyclic) bond motifs is 1. The van der Waals surface area contributed by atoms with E-state index in [1.54, 1.807) is 48.5 Å². The first-order valence-electron chi connectivity index (χ1n) is 9.65. The highest BCUT2D eigenvalue weighted by molar-refractivity contribution is 7.71. The van der Waals surface area contributed by atoms with Gasteiger partial charge in [0.2, 0.25) is 0 Å². The fraction of sp³-hybridized carbons (Fsp3) is 0.182. The SMILES string of the molecule is C=CCn1c(=S)[nH]c2cc(C(=O)Nc3cccc(NC(=O)OCCOC)c3)ccc2c1=O. The van der Waals surface area contributed by atoms with Crippen LogP contribution in [0.5, 0.6) is 0 Å². The molecule has 0 radical (unpaired) electrons. The minimum atomic E-state index is -0.627. The number of allylic oxidation sites excluding steroid dienone is 1. The number of anilines is 2. The summed E-state index contributed by atoms with van der Waals surface area (Å²) in [6, 6.07) is 11.3. The van der Waals surface area contributed by atoms with E-state index in [4.69, 9.17) is 21.7 Å². The molecule has 1 aromatic heterocycles.